The summed E-state index contributed by atoms with van der Waals surface area (Å²) in [4.78, 5) is 54.4. The fraction of sp³-hybridized carbons (Fsp3) is 0.789. The minimum atomic E-state index is -2.18. The van der Waals surface area contributed by atoms with E-state index < -0.39 is 112 Å². The monoisotopic (exact) mass is 720 g/mol. The molecular weight excluding hydrogens is 664 g/mol. The molecule has 5 rings (SSSR count). The predicted octanol–water partition coefficient (Wildman–Crippen LogP) is 1.32. The van der Waals surface area contributed by atoms with Crippen LogP contribution in [0.1, 0.15) is 88.0 Å². The van der Waals surface area contributed by atoms with Crippen molar-refractivity contribution >= 4 is 23.3 Å². The Kier molecular flexibility index (Phi) is 10.1. The molecule has 14 atom stereocenters. The van der Waals surface area contributed by atoms with E-state index in [1.165, 1.54) is 33.8 Å². The number of aliphatic hydroxyl groups is 6. The molecule has 51 heavy (non-hydrogen) atoms. The molecule has 0 spiro atoms. The van der Waals surface area contributed by atoms with Gasteiger partial charge in [0.2, 0.25) is 0 Å². The average molecular weight is 721 g/mol. The molecule has 0 amide bonds. The van der Waals surface area contributed by atoms with Gasteiger partial charge >= 0.3 is 5.97 Å². The Morgan fingerprint density at radius 3 is 2.20 bits per heavy atom. The molecule has 0 aromatic heterocycles. The number of aliphatic hydroxyl groups excluding tert-OH is 4. The van der Waals surface area contributed by atoms with Crippen LogP contribution in [0.4, 0.5) is 0 Å². The zero-order chi connectivity index (χ0) is 38.4. The number of carbonyl (C=O) groups excluding carboxylic acids is 4. The summed E-state index contributed by atoms with van der Waals surface area (Å²) in [5.41, 5.74) is -6.75. The van der Waals surface area contributed by atoms with Crippen LogP contribution in [0.25, 0.3) is 0 Å². The zero-order valence-electron chi connectivity index (χ0n) is 31.1. The van der Waals surface area contributed by atoms with Crippen LogP contribution in [0.5, 0.6) is 0 Å². The molecule has 5 aliphatic rings. The van der Waals surface area contributed by atoms with Crippen molar-refractivity contribution in [1.29, 1.82) is 0 Å². The van der Waals surface area contributed by atoms with Crippen molar-refractivity contribution in [3.8, 4) is 0 Å². The molecule has 6 N–H and O–H groups in total. The van der Waals surface area contributed by atoms with Crippen molar-refractivity contribution in [2.75, 3.05) is 6.61 Å². The van der Waals surface area contributed by atoms with Crippen molar-refractivity contribution in [2.45, 2.75) is 142 Å². The molecule has 1 heterocycles. The van der Waals surface area contributed by atoms with Crippen LogP contribution < -0.4 is 0 Å². The highest BCUT2D eigenvalue weighted by Gasteiger charge is 2.75. The summed E-state index contributed by atoms with van der Waals surface area (Å²) in [5, 5.41) is 64.4. The summed E-state index contributed by atoms with van der Waals surface area (Å²) >= 11 is 0. The van der Waals surface area contributed by atoms with E-state index in [0.717, 1.165) is 11.6 Å². The Balaban J connectivity index is 1.63. The Labute approximate surface area is 299 Å². The fourth-order valence-electron chi connectivity index (χ4n) is 10.7. The van der Waals surface area contributed by atoms with Gasteiger partial charge in [-0.25, -0.2) is 0 Å². The lowest BCUT2D eigenvalue weighted by Crippen LogP contribution is -2.65. The number of allylic oxidation sites excluding steroid dienone is 2. The summed E-state index contributed by atoms with van der Waals surface area (Å²) in [5.74, 6) is -3.67. The fourth-order valence-corrected chi connectivity index (χ4v) is 10.7. The van der Waals surface area contributed by atoms with Gasteiger partial charge in [-0.3, -0.25) is 19.2 Å². The molecule has 0 radical (unpaired) electrons. The van der Waals surface area contributed by atoms with E-state index in [4.69, 9.17) is 14.2 Å². The van der Waals surface area contributed by atoms with Gasteiger partial charge in [0.05, 0.1) is 18.3 Å². The molecule has 3 saturated carbocycles. The number of ketones is 3. The maximum atomic E-state index is 14.9. The average Bonchev–Trinajstić information content (AvgIpc) is 3.24. The van der Waals surface area contributed by atoms with Gasteiger partial charge in [0.1, 0.15) is 35.8 Å². The summed E-state index contributed by atoms with van der Waals surface area (Å²) in [6.45, 7) is 14.2. The first-order chi connectivity index (χ1) is 23.3. The Morgan fingerprint density at radius 1 is 1.00 bits per heavy atom. The van der Waals surface area contributed by atoms with Gasteiger partial charge in [-0.15, -0.1) is 0 Å². The molecule has 14 unspecified atom stereocenters. The van der Waals surface area contributed by atoms with Gasteiger partial charge in [-0.2, -0.15) is 0 Å². The SMILES string of the molecule is CC(=O)OC1CC2C(=CCC3C2(C)C(=O)CC2(C)C(C(C)(O)C(=O)C=CC(C)(C)O)C(OC4OC(CO)C(O)C(O)C4O)CC32C)C(C)(C)C1=O. The quantitative estimate of drug-likeness (QED) is 0.119. The largest absolute Gasteiger partial charge is 0.454 e. The van der Waals surface area contributed by atoms with Crippen LogP contribution in [0.2, 0.25) is 0 Å². The number of fused-ring (bicyclic) bond motifs is 5. The lowest BCUT2D eigenvalue weighted by Gasteiger charge is -2.64. The van der Waals surface area contributed by atoms with Gasteiger partial charge in [-0.05, 0) is 82.6 Å². The Hall–Kier alpha value is -2.36. The highest BCUT2D eigenvalue weighted by molar-refractivity contribution is 5.98. The topological polar surface area (TPSA) is 217 Å². The summed E-state index contributed by atoms with van der Waals surface area (Å²) in [6.07, 6.45) is -5.10. The molecule has 1 saturated heterocycles. The summed E-state index contributed by atoms with van der Waals surface area (Å²) in [6, 6.07) is 0. The Morgan fingerprint density at radius 2 is 1.63 bits per heavy atom. The standard InChI is InChI=1S/C38H56O13/c1-18(40)49-21-14-20-19(34(4,5)31(21)46)10-11-24-35(6)15-22(50-32-29(45)28(44)27(43)23(17-39)51-32)30(36(35,7)16-26(42)37(20,24)8)38(9,48)25(41)12-13-33(2,3)47/h10,12-13,20-24,27-30,32,39,43-45,47-48H,11,14-17H2,1-9H3. The second-order valence-electron chi connectivity index (χ2n) is 17.6. The first-order valence-electron chi connectivity index (χ1n) is 17.9. The van der Waals surface area contributed by atoms with E-state index in [-0.39, 0.29) is 30.8 Å². The van der Waals surface area contributed by atoms with Gasteiger partial charge in [0, 0.05) is 30.1 Å². The number of hydrogen-bond donors (Lipinski definition) is 6. The second-order valence-corrected chi connectivity index (χ2v) is 17.6. The molecule has 0 aromatic rings. The molecule has 0 bridgehead atoms. The van der Waals surface area contributed by atoms with Crippen molar-refractivity contribution in [2.24, 2.45) is 39.4 Å². The maximum absolute atomic E-state index is 14.9. The lowest BCUT2D eigenvalue weighted by atomic mass is 9.38. The third-order valence-electron chi connectivity index (χ3n) is 13.6. The van der Waals surface area contributed by atoms with Gasteiger partial charge in [0.15, 0.2) is 24.0 Å². The molecule has 0 aromatic carbocycles. The Bertz CT molecular complexity index is 1500. The molecule has 13 nitrogen and oxygen atoms in total. The van der Waals surface area contributed by atoms with Crippen molar-refractivity contribution < 1.29 is 64.0 Å². The minimum Gasteiger partial charge on any atom is -0.454 e. The molecule has 4 fully saturated rings. The van der Waals surface area contributed by atoms with Gasteiger partial charge < -0.3 is 44.8 Å². The first-order valence-corrected chi connectivity index (χ1v) is 17.9. The third-order valence-corrected chi connectivity index (χ3v) is 13.6. The van der Waals surface area contributed by atoms with Crippen molar-refractivity contribution in [3.05, 3.63) is 23.8 Å². The number of hydrogen-bond acceptors (Lipinski definition) is 13. The van der Waals surface area contributed by atoms with Crippen molar-refractivity contribution in [1.82, 2.24) is 0 Å². The third kappa shape index (κ3) is 6.09. The number of ether oxygens (including phenoxy) is 3. The van der Waals surface area contributed by atoms with E-state index in [0.29, 0.717) is 6.42 Å². The predicted molar refractivity (Wildman–Crippen MR) is 180 cm³/mol. The normalized spacial score (nSPS) is 45.0. The maximum Gasteiger partial charge on any atom is 0.303 e. The number of rotatable bonds is 8. The molecule has 1 aliphatic heterocycles. The molecular formula is C38H56O13. The van der Waals surface area contributed by atoms with Crippen LogP contribution in [-0.2, 0) is 33.4 Å². The molecule has 4 aliphatic carbocycles. The van der Waals surface area contributed by atoms with E-state index in [2.05, 4.69) is 0 Å². The summed E-state index contributed by atoms with van der Waals surface area (Å²) in [7, 11) is 0. The van der Waals surface area contributed by atoms with E-state index in [9.17, 15) is 49.8 Å². The van der Waals surface area contributed by atoms with Crippen molar-refractivity contribution in [3.63, 3.8) is 0 Å². The number of Topliss-reactive ketones (excluding diaryl/α,β-unsaturated/α-hetero) is 2. The van der Waals surface area contributed by atoms with Crippen LogP contribution in [0, 0.1) is 39.4 Å². The van der Waals surface area contributed by atoms with Crippen LogP contribution in [0.3, 0.4) is 0 Å². The highest BCUT2D eigenvalue weighted by Crippen LogP contribution is 2.74. The summed E-state index contributed by atoms with van der Waals surface area (Å²) < 4.78 is 17.7. The highest BCUT2D eigenvalue weighted by atomic mass is 16.7. The zero-order valence-corrected chi connectivity index (χ0v) is 31.1. The van der Waals surface area contributed by atoms with Gasteiger partial charge in [0.25, 0.3) is 0 Å². The number of esters is 1. The first kappa shape index (κ1) is 39.8. The van der Waals surface area contributed by atoms with E-state index >= 15 is 0 Å². The lowest BCUT2D eigenvalue weighted by molar-refractivity contribution is -0.317. The smallest absolute Gasteiger partial charge is 0.303 e. The molecule has 13 heteroatoms. The van der Waals surface area contributed by atoms with Gasteiger partial charge in [-0.1, -0.05) is 38.5 Å². The van der Waals surface area contributed by atoms with E-state index in [1.807, 2.05) is 26.8 Å². The minimum absolute atomic E-state index is 0.0925. The van der Waals surface area contributed by atoms with Crippen LogP contribution >= 0.6 is 0 Å². The second kappa shape index (κ2) is 12.9. The van der Waals surface area contributed by atoms with E-state index in [1.54, 1.807) is 13.8 Å². The van der Waals surface area contributed by atoms with Crippen LogP contribution in [0.15, 0.2) is 23.8 Å². The number of carbonyl (C=O) groups is 4. The van der Waals surface area contributed by atoms with Crippen LogP contribution in [-0.4, -0.2) is 115 Å². The molecule has 286 valence electrons.